The monoisotopic (exact) mass is 329 g/mol. The summed E-state index contributed by atoms with van der Waals surface area (Å²) in [5.41, 5.74) is 7.02. The van der Waals surface area contributed by atoms with Gasteiger partial charge in [-0.1, -0.05) is 19.1 Å². The molecule has 0 amide bonds. The van der Waals surface area contributed by atoms with Crippen molar-refractivity contribution in [3.63, 3.8) is 0 Å². The molecule has 0 spiro atoms. The van der Waals surface area contributed by atoms with E-state index in [1.54, 1.807) is 7.11 Å². The minimum atomic E-state index is 0.562. The van der Waals surface area contributed by atoms with Gasteiger partial charge in [0.25, 0.3) is 0 Å². The van der Waals surface area contributed by atoms with Crippen LogP contribution in [0.4, 0.5) is 5.82 Å². The van der Waals surface area contributed by atoms with Crippen LogP contribution in [-0.2, 0) is 11.3 Å². The molecule has 1 saturated heterocycles. The van der Waals surface area contributed by atoms with Crippen molar-refractivity contribution in [2.45, 2.75) is 25.9 Å². The molecule has 0 radical (unpaired) electrons. The molecule has 130 valence electrons. The number of nitrogens with two attached hydrogens (primary N) is 1. The lowest BCUT2D eigenvalue weighted by molar-refractivity contribution is 0.0455. The smallest absolute Gasteiger partial charge is 0.145 e. The highest BCUT2D eigenvalue weighted by molar-refractivity contribution is 5.87. The summed E-state index contributed by atoms with van der Waals surface area (Å²) in [7, 11) is 1.76. The summed E-state index contributed by atoms with van der Waals surface area (Å²) in [6.45, 7) is 7.92. The topological polar surface area (TPSA) is 67.5 Å². The number of para-hydroxylation sites is 1. The van der Waals surface area contributed by atoms with E-state index in [-0.39, 0.29) is 0 Å². The van der Waals surface area contributed by atoms with E-state index in [1.807, 2.05) is 24.3 Å². The second-order valence-electron chi connectivity index (χ2n) is 6.37. The van der Waals surface area contributed by atoms with Gasteiger partial charge >= 0.3 is 0 Å². The Balaban J connectivity index is 1.68. The standard InChI is InChI=1S/C18H27N5O/c1-3-14-12-22(8-9-23(14)10-11-24-2)13-17-20-16-7-5-4-6-15(16)18(19)21-17/h4-7,14H,3,8-13H2,1-2H3,(H2,19,20,21)/t14-/m0/s1. The maximum atomic E-state index is 6.10. The van der Waals surface area contributed by atoms with Crippen molar-refractivity contribution >= 4 is 16.7 Å². The number of rotatable bonds is 6. The molecule has 1 aromatic heterocycles. The Morgan fingerprint density at radius 1 is 1.25 bits per heavy atom. The van der Waals surface area contributed by atoms with Crippen molar-refractivity contribution in [2.75, 3.05) is 45.6 Å². The van der Waals surface area contributed by atoms with Gasteiger partial charge in [-0.25, -0.2) is 9.97 Å². The first-order valence-corrected chi connectivity index (χ1v) is 8.67. The van der Waals surface area contributed by atoms with Crippen LogP contribution in [0.25, 0.3) is 10.9 Å². The van der Waals surface area contributed by atoms with Gasteiger partial charge < -0.3 is 10.5 Å². The fraction of sp³-hybridized carbons (Fsp3) is 0.556. The average Bonchev–Trinajstić information content (AvgIpc) is 2.60. The predicted octanol–water partition coefficient (Wildman–Crippen LogP) is 1.75. The van der Waals surface area contributed by atoms with Crippen LogP contribution in [0, 0.1) is 0 Å². The maximum absolute atomic E-state index is 6.10. The zero-order valence-electron chi connectivity index (χ0n) is 14.6. The van der Waals surface area contributed by atoms with E-state index in [0.717, 1.165) is 62.5 Å². The molecule has 6 heteroatoms. The highest BCUT2D eigenvalue weighted by Crippen LogP contribution is 2.19. The lowest BCUT2D eigenvalue weighted by Crippen LogP contribution is -2.53. The van der Waals surface area contributed by atoms with Gasteiger partial charge in [0, 0.05) is 44.7 Å². The van der Waals surface area contributed by atoms with Crippen LogP contribution in [0.1, 0.15) is 19.2 Å². The van der Waals surface area contributed by atoms with E-state index in [1.165, 1.54) is 0 Å². The van der Waals surface area contributed by atoms with Crippen molar-refractivity contribution in [3.05, 3.63) is 30.1 Å². The molecule has 1 fully saturated rings. The number of anilines is 1. The number of hydrogen-bond donors (Lipinski definition) is 1. The summed E-state index contributed by atoms with van der Waals surface area (Å²) in [5, 5.41) is 0.928. The molecular formula is C18H27N5O. The molecule has 2 aromatic rings. The fourth-order valence-electron chi connectivity index (χ4n) is 3.41. The predicted molar refractivity (Wildman–Crippen MR) is 96.8 cm³/mol. The van der Waals surface area contributed by atoms with Gasteiger partial charge in [0.2, 0.25) is 0 Å². The summed E-state index contributed by atoms with van der Waals surface area (Å²) >= 11 is 0. The Morgan fingerprint density at radius 3 is 2.88 bits per heavy atom. The third-order valence-corrected chi connectivity index (χ3v) is 4.79. The van der Waals surface area contributed by atoms with Crippen LogP contribution in [0.3, 0.4) is 0 Å². The van der Waals surface area contributed by atoms with Crippen LogP contribution in [-0.4, -0.2) is 65.7 Å². The van der Waals surface area contributed by atoms with E-state index < -0.39 is 0 Å². The second-order valence-corrected chi connectivity index (χ2v) is 6.37. The Morgan fingerprint density at radius 2 is 2.08 bits per heavy atom. The first-order chi connectivity index (χ1) is 11.7. The summed E-state index contributed by atoms with van der Waals surface area (Å²) < 4.78 is 5.22. The Labute approximate surface area is 143 Å². The Bertz CT molecular complexity index is 678. The van der Waals surface area contributed by atoms with E-state index in [0.29, 0.717) is 11.9 Å². The molecule has 2 N–H and O–H groups in total. The molecular weight excluding hydrogens is 302 g/mol. The molecule has 1 aliphatic rings. The molecule has 0 aliphatic carbocycles. The number of hydrogen-bond acceptors (Lipinski definition) is 6. The Hall–Kier alpha value is -1.76. The number of nitrogen functional groups attached to an aromatic ring is 1. The van der Waals surface area contributed by atoms with Gasteiger partial charge in [-0.3, -0.25) is 9.80 Å². The zero-order chi connectivity index (χ0) is 16.9. The summed E-state index contributed by atoms with van der Waals surface area (Å²) in [6, 6.07) is 8.48. The van der Waals surface area contributed by atoms with Gasteiger partial charge in [-0.15, -0.1) is 0 Å². The van der Waals surface area contributed by atoms with E-state index in [2.05, 4.69) is 26.7 Å². The summed E-state index contributed by atoms with van der Waals surface area (Å²) in [6.07, 6.45) is 1.14. The Kier molecular flexibility index (Phi) is 5.60. The molecule has 3 rings (SSSR count). The lowest BCUT2D eigenvalue weighted by Gasteiger charge is -2.40. The minimum Gasteiger partial charge on any atom is -0.383 e. The number of piperazine rings is 1. The zero-order valence-corrected chi connectivity index (χ0v) is 14.6. The number of ether oxygens (including phenoxy) is 1. The van der Waals surface area contributed by atoms with E-state index >= 15 is 0 Å². The molecule has 1 aliphatic heterocycles. The van der Waals surface area contributed by atoms with Gasteiger partial charge in [-0.2, -0.15) is 0 Å². The highest BCUT2D eigenvalue weighted by atomic mass is 16.5. The van der Waals surface area contributed by atoms with Crippen molar-refractivity contribution in [1.29, 1.82) is 0 Å². The molecule has 0 saturated carbocycles. The molecule has 24 heavy (non-hydrogen) atoms. The average molecular weight is 329 g/mol. The SMILES string of the molecule is CC[C@H]1CN(Cc2nc(N)c3ccccc3n2)CCN1CCOC. The third-order valence-electron chi connectivity index (χ3n) is 4.79. The van der Waals surface area contributed by atoms with E-state index in [9.17, 15) is 0 Å². The summed E-state index contributed by atoms with van der Waals surface area (Å²) in [4.78, 5) is 14.1. The first-order valence-electron chi connectivity index (χ1n) is 8.67. The second kappa shape index (κ2) is 7.88. The molecule has 1 aromatic carbocycles. The lowest BCUT2D eigenvalue weighted by atomic mass is 10.1. The fourth-order valence-corrected chi connectivity index (χ4v) is 3.41. The van der Waals surface area contributed by atoms with Gasteiger partial charge in [0.05, 0.1) is 18.7 Å². The van der Waals surface area contributed by atoms with Gasteiger partial charge in [0.1, 0.15) is 11.6 Å². The quantitative estimate of drug-likeness (QED) is 0.871. The van der Waals surface area contributed by atoms with Crippen LogP contribution < -0.4 is 5.73 Å². The van der Waals surface area contributed by atoms with Crippen LogP contribution in [0.15, 0.2) is 24.3 Å². The highest BCUT2D eigenvalue weighted by Gasteiger charge is 2.25. The third kappa shape index (κ3) is 3.83. The number of benzene rings is 1. The van der Waals surface area contributed by atoms with Gasteiger partial charge in [-0.05, 0) is 18.6 Å². The number of fused-ring (bicyclic) bond motifs is 1. The first kappa shape index (κ1) is 17.1. The van der Waals surface area contributed by atoms with Crippen molar-refractivity contribution in [3.8, 4) is 0 Å². The van der Waals surface area contributed by atoms with Crippen LogP contribution >= 0.6 is 0 Å². The van der Waals surface area contributed by atoms with Crippen molar-refractivity contribution in [1.82, 2.24) is 19.8 Å². The molecule has 6 nitrogen and oxygen atoms in total. The molecule has 0 unspecified atom stereocenters. The number of nitrogens with zero attached hydrogens (tertiary/aromatic N) is 4. The van der Waals surface area contributed by atoms with Gasteiger partial charge in [0.15, 0.2) is 0 Å². The normalized spacial score (nSPS) is 19.8. The van der Waals surface area contributed by atoms with Crippen LogP contribution in [0.2, 0.25) is 0 Å². The summed E-state index contributed by atoms with van der Waals surface area (Å²) in [5.74, 6) is 1.38. The van der Waals surface area contributed by atoms with Crippen LogP contribution in [0.5, 0.6) is 0 Å². The minimum absolute atomic E-state index is 0.562. The molecule has 0 bridgehead atoms. The molecule has 2 heterocycles. The van der Waals surface area contributed by atoms with E-state index in [4.69, 9.17) is 10.5 Å². The largest absolute Gasteiger partial charge is 0.383 e. The van der Waals surface area contributed by atoms with Crippen molar-refractivity contribution < 1.29 is 4.74 Å². The van der Waals surface area contributed by atoms with Crippen molar-refractivity contribution in [2.24, 2.45) is 0 Å². The maximum Gasteiger partial charge on any atom is 0.145 e. The number of methoxy groups -OCH3 is 1. The molecule has 1 atom stereocenters. The number of aromatic nitrogens is 2.